The molecule has 0 unspecified atom stereocenters. The van der Waals surface area contributed by atoms with Crippen molar-refractivity contribution < 1.29 is 18.7 Å². The fourth-order valence-electron chi connectivity index (χ4n) is 1.42. The minimum Gasteiger partial charge on any atom is -0.467 e. The molecule has 22 heavy (non-hydrogen) atoms. The Morgan fingerprint density at radius 3 is 3.00 bits per heavy atom. The van der Waals surface area contributed by atoms with Gasteiger partial charge in [0.05, 0.1) is 24.5 Å². The molecule has 118 valence electrons. The lowest BCUT2D eigenvalue weighted by atomic mass is 10.3. The van der Waals surface area contributed by atoms with Gasteiger partial charge in [-0.15, -0.1) is 10.2 Å². The molecule has 10 heteroatoms. The van der Waals surface area contributed by atoms with Gasteiger partial charge in [-0.25, -0.2) is 0 Å². The van der Waals surface area contributed by atoms with Gasteiger partial charge in [-0.05, 0) is 13.0 Å². The van der Waals surface area contributed by atoms with Crippen molar-refractivity contribution in [2.75, 3.05) is 17.7 Å². The number of hydrogen-bond donors (Lipinski definition) is 2. The van der Waals surface area contributed by atoms with Crippen LogP contribution in [0, 0.1) is 0 Å². The van der Waals surface area contributed by atoms with Crippen LogP contribution in [-0.4, -0.2) is 34.4 Å². The molecule has 0 bridgehead atoms. The van der Waals surface area contributed by atoms with Crippen molar-refractivity contribution in [3.05, 3.63) is 23.7 Å². The third-order valence-corrected chi connectivity index (χ3v) is 4.31. The summed E-state index contributed by atoms with van der Waals surface area (Å²) >= 11 is 2.38. The lowest BCUT2D eigenvalue weighted by Crippen LogP contribution is -2.10. The Balaban J connectivity index is 1.88. The van der Waals surface area contributed by atoms with Crippen LogP contribution in [0.1, 0.15) is 23.0 Å². The van der Waals surface area contributed by atoms with Crippen molar-refractivity contribution in [2.45, 2.75) is 17.8 Å². The summed E-state index contributed by atoms with van der Waals surface area (Å²) in [7, 11) is 0. The van der Waals surface area contributed by atoms with Crippen molar-refractivity contribution in [2.24, 2.45) is 5.73 Å². The molecule has 1 amide bonds. The number of nitrogens with one attached hydrogen (secondary N) is 1. The quantitative estimate of drug-likeness (QED) is 0.441. The maximum absolute atomic E-state index is 11.9. The molecule has 0 aliphatic carbocycles. The number of carbonyl (C=O) groups excluding carboxylic acids is 2. The van der Waals surface area contributed by atoms with Gasteiger partial charge in [0, 0.05) is 0 Å². The standard InChI is InChI=1S/C12H14N4O4S2/c1-2-19-9(17)6-21-12-16-15-11(22-12)14-10(18)7-3-8(4-13)20-5-7/h3,5H,2,4,6,13H2,1H3,(H,14,15,18). The summed E-state index contributed by atoms with van der Waals surface area (Å²) in [6, 6.07) is 1.56. The van der Waals surface area contributed by atoms with Gasteiger partial charge in [0.25, 0.3) is 5.91 Å². The van der Waals surface area contributed by atoms with E-state index < -0.39 is 0 Å². The van der Waals surface area contributed by atoms with Crippen LogP contribution in [0.5, 0.6) is 0 Å². The number of anilines is 1. The molecule has 0 spiro atoms. The SMILES string of the molecule is CCOC(=O)CSc1nnc(NC(=O)c2coc(CN)c2)s1. The molecule has 0 aliphatic rings. The summed E-state index contributed by atoms with van der Waals surface area (Å²) in [5.41, 5.74) is 5.77. The predicted molar refractivity (Wildman–Crippen MR) is 81.8 cm³/mol. The molecule has 0 radical (unpaired) electrons. The highest BCUT2D eigenvalue weighted by atomic mass is 32.2. The number of aromatic nitrogens is 2. The average molecular weight is 342 g/mol. The van der Waals surface area contributed by atoms with E-state index in [4.69, 9.17) is 14.9 Å². The van der Waals surface area contributed by atoms with Crippen molar-refractivity contribution in [3.63, 3.8) is 0 Å². The minimum atomic E-state index is -0.360. The lowest BCUT2D eigenvalue weighted by molar-refractivity contribution is -0.139. The van der Waals surface area contributed by atoms with Crippen LogP contribution in [-0.2, 0) is 16.1 Å². The summed E-state index contributed by atoms with van der Waals surface area (Å²) < 4.78 is 10.5. The van der Waals surface area contributed by atoms with E-state index in [-0.39, 0.29) is 24.2 Å². The second kappa shape index (κ2) is 7.92. The lowest BCUT2D eigenvalue weighted by Gasteiger charge is -1.98. The van der Waals surface area contributed by atoms with Gasteiger partial charge < -0.3 is 14.9 Å². The Bertz CT molecular complexity index is 655. The molecule has 2 rings (SSSR count). The topological polar surface area (TPSA) is 120 Å². The number of nitrogens with zero attached hydrogens (tertiary/aromatic N) is 2. The van der Waals surface area contributed by atoms with E-state index in [1.54, 1.807) is 13.0 Å². The van der Waals surface area contributed by atoms with Crippen molar-refractivity contribution >= 4 is 40.1 Å². The number of esters is 1. The van der Waals surface area contributed by atoms with Gasteiger partial charge in [-0.1, -0.05) is 23.1 Å². The van der Waals surface area contributed by atoms with Gasteiger partial charge in [0.1, 0.15) is 12.0 Å². The van der Waals surface area contributed by atoms with Crippen LogP contribution in [0.25, 0.3) is 0 Å². The Morgan fingerprint density at radius 1 is 1.50 bits per heavy atom. The zero-order chi connectivity index (χ0) is 15.9. The fourth-order valence-corrected chi connectivity index (χ4v) is 2.96. The second-order valence-corrected chi connectivity index (χ2v) is 6.13. The Labute approximate surface area is 134 Å². The average Bonchev–Trinajstić information content (AvgIpc) is 3.14. The number of nitrogens with two attached hydrogens (primary N) is 1. The highest BCUT2D eigenvalue weighted by molar-refractivity contribution is 8.01. The second-order valence-electron chi connectivity index (χ2n) is 3.93. The number of rotatable bonds is 7. The molecule has 0 aromatic carbocycles. The first-order valence-corrected chi connectivity index (χ1v) is 8.13. The number of carbonyl (C=O) groups is 2. The third kappa shape index (κ3) is 4.55. The highest BCUT2D eigenvalue weighted by Gasteiger charge is 2.14. The molecule has 0 saturated heterocycles. The van der Waals surface area contributed by atoms with Crippen LogP contribution in [0.2, 0.25) is 0 Å². The van der Waals surface area contributed by atoms with E-state index in [2.05, 4.69) is 15.5 Å². The van der Waals surface area contributed by atoms with Crippen LogP contribution in [0.3, 0.4) is 0 Å². The predicted octanol–water partition coefficient (Wildman–Crippen LogP) is 1.50. The van der Waals surface area contributed by atoms with Gasteiger partial charge in [-0.3, -0.25) is 14.9 Å². The fraction of sp³-hybridized carbons (Fsp3) is 0.333. The molecule has 0 atom stereocenters. The summed E-state index contributed by atoms with van der Waals surface area (Å²) in [5.74, 6) is -0.00602. The monoisotopic (exact) mass is 342 g/mol. The molecule has 0 aliphatic heterocycles. The number of amides is 1. The van der Waals surface area contributed by atoms with E-state index in [1.165, 1.54) is 29.4 Å². The van der Waals surface area contributed by atoms with Gasteiger partial charge in [-0.2, -0.15) is 0 Å². The number of furan rings is 1. The zero-order valence-electron chi connectivity index (χ0n) is 11.7. The molecule has 3 N–H and O–H groups in total. The smallest absolute Gasteiger partial charge is 0.316 e. The van der Waals surface area contributed by atoms with Gasteiger partial charge in [0.15, 0.2) is 4.34 Å². The summed E-state index contributed by atoms with van der Waals surface area (Å²) in [5, 5.41) is 10.7. The minimum absolute atomic E-state index is 0.151. The van der Waals surface area contributed by atoms with E-state index in [0.29, 0.717) is 27.4 Å². The van der Waals surface area contributed by atoms with Crippen LogP contribution < -0.4 is 11.1 Å². The van der Waals surface area contributed by atoms with E-state index in [0.717, 1.165) is 0 Å². The van der Waals surface area contributed by atoms with Crippen LogP contribution in [0.4, 0.5) is 5.13 Å². The third-order valence-electron chi connectivity index (χ3n) is 2.36. The summed E-state index contributed by atoms with van der Waals surface area (Å²) in [6.07, 6.45) is 1.33. The number of thioether (sulfide) groups is 1. The molecule has 0 fully saturated rings. The van der Waals surface area contributed by atoms with E-state index >= 15 is 0 Å². The maximum Gasteiger partial charge on any atom is 0.316 e. The maximum atomic E-state index is 11.9. The first kappa shape index (κ1) is 16.5. The zero-order valence-corrected chi connectivity index (χ0v) is 13.3. The Morgan fingerprint density at radius 2 is 2.32 bits per heavy atom. The molecule has 2 heterocycles. The molecular formula is C12H14N4O4S2. The summed E-state index contributed by atoms with van der Waals surface area (Å²) in [6.45, 7) is 2.31. The molecule has 2 aromatic heterocycles. The van der Waals surface area contributed by atoms with Crippen molar-refractivity contribution in [1.29, 1.82) is 0 Å². The Kier molecular flexibility index (Phi) is 5.92. The normalized spacial score (nSPS) is 10.5. The van der Waals surface area contributed by atoms with E-state index in [9.17, 15) is 9.59 Å². The van der Waals surface area contributed by atoms with E-state index in [1.807, 2.05) is 0 Å². The molecule has 0 saturated carbocycles. The Hall–Kier alpha value is -1.91. The number of ether oxygens (including phenoxy) is 1. The first-order valence-electron chi connectivity index (χ1n) is 6.33. The van der Waals surface area contributed by atoms with Gasteiger partial charge in [0.2, 0.25) is 5.13 Å². The summed E-state index contributed by atoms with van der Waals surface area (Å²) in [4.78, 5) is 23.2. The number of hydrogen-bond acceptors (Lipinski definition) is 9. The first-order chi connectivity index (χ1) is 10.6. The highest BCUT2D eigenvalue weighted by Crippen LogP contribution is 2.25. The van der Waals surface area contributed by atoms with Crippen LogP contribution in [0.15, 0.2) is 21.1 Å². The van der Waals surface area contributed by atoms with Gasteiger partial charge >= 0.3 is 5.97 Å². The van der Waals surface area contributed by atoms with Crippen LogP contribution >= 0.6 is 23.1 Å². The van der Waals surface area contributed by atoms with Crippen molar-refractivity contribution in [3.8, 4) is 0 Å². The molecule has 8 nitrogen and oxygen atoms in total. The van der Waals surface area contributed by atoms with Crippen molar-refractivity contribution in [1.82, 2.24) is 10.2 Å². The largest absolute Gasteiger partial charge is 0.467 e. The molecule has 2 aromatic rings. The molecular weight excluding hydrogens is 328 g/mol.